The topological polar surface area (TPSA) is 88.1 Å². The number of hydrogen-bond acceptors (Lipinski definition) is 5. The van der Waals surface area contributed by atoms with Gasteiger partial charge in [0.1, 0.15) is 6.04 Å². The number of amides is 1. The van der Waals surface area contributed by atoms with E-state index in [-0.39, 0.29) is 5.91 Å². The molecule has 0 saturated carbocycles. The second-order valence-electron chi connectivity index (χ2n) is 6.15. The highest BCUT2D eigenvalue weighted by Gasteiger charge is 2.21. The molecule has 0 spiro atoms. The minimum Gasteiger partial charge on any atom is -0.490 e. The average Bonchev–Trinajstić information content (AvgIpc) is 2.54. The number of hydrogen-bond donors (Lipinski definition) is 2. The Hall–Kier alpha value is -2.28. The number of carboxylic acid groups (broad SMARTS) is 1. The lowest BCUT2D eigenvalue weighted by atomic mass is 10.1. The standard InChI is InChI=1S/C18H26N2O5/c1-13(18(22)23)20(8-7-19-14(2)21)12-15-5-6-16-17(11-15)25-10-4-3-9-24-16/h5-6,11,13H,3-4,7-10,12H2,1-2H3,(H,19,21)(H,22,23). The summed E-state index contributed by atoms with van der Waals surface area (Å²) in [6.45, 7) is 5.70. The Morgan fingerprint density at radius 3 is 2.56 bits per heavy atom. The fourth-order valence-corrected chi connectivity index (χ4v) is 2.63. The Kier molecular flexibility index (Phi) is 7.06. The predicted molar refractivity (Wildman–Crippen MR) is 92.9 cm³/mol. The molecular weight excluding hydrogens is 324 g/mol. The summed E-state index contributed by atoms with van der Waals surface area (Å²) in [6.07, 6.45) is 1.91. The Morgan fingerprint density at radius 1 is 1.24 bits per heavy atom. The van der Waals surface area contributed by atoms with Crippen LogP contribution in [0.15, 0.2) is 18.2 Å². The van der Waals surface area contributed by atoms with Gasteiger partial charge in [0.15, 0.2) is 11.5 Å². The first-order valence-corrected chi connectivity index (χ1v) is 8.57. The van der Waals surface area contributed by atoms with Crippen molar-refractivity contribution in [3.8, 4) is 11.5 Å². The maximum atomic E-state index is 11.4. The van der Waals surface area contributed by atoms with Gasteiger partial charge in [0, 0.05) is 26.6 Å². The van der Waals surface area contributed by atoms with Crippen molar-refractivity contribution >= 4 is 11.9 Å². The van der Waals surface area contributed by atoms with E-state index in [1.807, 2.05) is 23.1 Å². The van der Waals surface area contributed by atoms with Gasteiger partial charge >= 0.3 is 5.97 Å². The van der Waals surface area contributed by atoms with Crippen molar-refractivity contribution in [2.24, 2.45) is 0 Å². The third-order valence-electron chi connectivity index (χ3n) is 4.13. The van der Waals surface area contributed by atoms with E-state index >= 15 is 0 Å². The number of nitrogens with one attached hydrogen (secondary N) is 1. The molecule has 1 aliphatic heterocycles. The van der Waals surface area contributed by atoms with Crippen LogP contribution in [0.3, 0.4) is 0 Å². The zero-order valence-corrected chi connectivity index (χ0v) is 14.8. The first-order chi connectivity index (χ1) is 12.0. The summed E-state index contributed by atoms with van der Waals surface area (Å²) in [5, 5.41) is 12.0. The van der Waals surface area contributed by atoms with Crippen molar-refractivity contribution in [2.75, 3.05) is 26.3 Å². The highest BCUT2D eigenvalue weighted by molar-refractivity contribution is 5.73. The number of rotatable bonds is 7. The molecule has 1 amide bonds. The van der Waals surface area contributed by atoms with Crippen LogP contribution in [0.5, 0.6) is 11.5 Å². The van der Waals surface area contributed by atoms with Gasteiger partial charge in [-0.25, -0.2) is 0 Å². The van der Waals surface area contributed by atoms with Crippen LogP contribution in [0.25, 0.3) is 0 Å². The number of nitrogens with zero attached hydrogens (tertiary/aromatic N) is 1. The molecular formula is C18H26N2O5. The van der Waals surface area contributed by atoms with Crippen molar-refractivity contribution in [1.82, 2.24) is 10.2 Å². The fraction of sp³-hybridized carbons (Fsp3) is 0.556. The Labute approximate surface area is 147 Å². The lowest BCUT2D eigenvalue weighted by molar-refractivity contribution is -0.142. The number of carboxylic acids is 1. The molecule has 1 heterocycles. The van der Waals surface area contributed by atoms with Gasteiger partial charge in [-0.2, -0.15) is 0 Å². The molecule has 1 unspecified atom stereocenters. The van der Waals surface area contributed by atoms with E-state index in [0.717, 1.165) is 24.2 Å². The third-order valence-corrected chi connectivity index (χ3v) is 4.13. The van der Waals surface area contributed by atoms with E-state index < -0.39 is 12.0 Å². The van der Waals surface area contributed by atoms with Gasteiger partial charge in [0.25, 0.3) is 0 Å². The van der Waals surface area contributed by atoms with Crippen LogP contribution in [-0.2, 0) is 16.1 Å². The van der Waals surface area contributed by atoms with Crippen molar-refractivity contribution in [3.05, 3.63) is 23.8 Å². The Bertz CT molecular complexity index is 605. The molecule has 25 heavy (non-hydrogen) atoms. The number of benzene rings is 1. The number of ether oxygens (including phenoxy) is 2. The van der Waals surface area contributed by atoms with Crippen LogP contribution in [0, 0.1) is 0 Å². The molecule has 0 radical (unpaired) electrons. The largest absolute Gasteiger partial charge is 0.490 e. The van der Waals surface area contributed by atoms with Gasteiger partial charge in [-0.05, 0) is 37.5 Å². The van der Waals surface area contributed by atoms with E-state index in [1.165, 1.54) is 6.92 Å². The average molecular weight is 350 g/mol. The molecule has 7 heteroatoms. The molecule has 1 atom stereocenters. The van der Waals surface area contributed by atoms with Gasteiger partial charge in [-0.3, -0.25) is 14.5 Å². The van der Waals surface area contributed by atoms with E-state index in [2.05, 4.69) is 5.32 Å². The SMILES string of the molecule is CC(=O)NCCN(Cc1ccc2c(c1)OCCCCO2)C(C)C(=O)O. The quantitative estimate of drug-likeness (QED) is 0.777. The van der Waals surface area contributed by atoms with E-state index in [1.54, 1.807) is 6.92 Å². The van der Waals surface area contributed by atoms with Gasteiger partial charge in [-0.15, -0.1) is 0 Å². The molecule has 0 fully saturated rings. The minimum absolute atomic E-state index is 0.130. The Morgan fingerprint density at radius 2 is 1.92 bits per heavy atom. The molecule has 2 N–H and O–H groups in total. The van der Waals surface area contributed by atoms with Crippen LogP contribution in [-0.4, -0.2) is 54.2 Å². The highest BCUT2D eigenvalue weighted by atomic mass is 16.5. The first kappa shape index (κ1) is 19.1. The maximum Gasteiger partial charge on any atom is 0.320 e. The van der Waals surface area contributed by atoms with Crippen molar-refractivity contribution in [2.45, 2.75) is 39.3 Å². The van der Waals surface area contributed by atoms with Crippen LogP contribution in [0.2, 0.25) is 0 Å². The van der Waals surface area contributed by atoms with Crippen molar-refractivity contribution in [3.63, 3.8) is 0 Å². The molecule has 2 rings (SSSR count). The molecule has 0 bridgehead atoms. The zero-order chi connectivity index (χ0) is 18.2. The zero-order valence-electron chi connectivity index (χ0n) is 14.8. The van der Waals surface area contributed by atoms with Gasteiger partial charge in [0.05, 0.1) is 13.2 Å². The first-order valence-electron chi connectivity index (χ1n) is 8.57. The van der Waals surface area contributed by atoms with Crippen LogP contribution < -0.4 is 14.8 Å². The smallest absolute Gasteiger partial charge is 0.320 e. The summed E-state index contributed by atoms with van der Waals surface area (Å²) < 4.78 is 11.4. The molecule has 1 aromatic carbocycles. The second kappa shape index (κ2) is 9.27. The van der Waals surface area contributed by atoms with Crippen LogP contribution in [0.1, 0.15) is 32.3 Å². The van der Waals surface area contributed by atoms with Gasteiger partial charge < -0.3 is 19.9 Å². The van der Waals surface area contributed by atoms with E-state index in [4.69, 9.17) is 9.47 Å². The summed E-state index contributed by atoms with van der Waals surface area (Å²) >= 11 is 0. The molecule has 0 aromatic heterocycles. The van der Waals surface area contributed by atoms with Gasteiger partial charge in [-0.1, -0.05) is 6.07 Å². The molecule has 138 valence electrons. The van der Waals surface area contributed by atoms with Crippen molar-refractivity contribution in [1.29, 1.82) is 0 Å². The van der Waals surface area contributed by atoms with Crippen LogP contribution >= 0.6 is 0 Å². The lowest BCUT2D eigenvalue weighted by Crippen LogP contribution is -2.42. The number of aliphatic carboxylic acids is 1. The second-order valence-corrected chi connectivity index (χ2v) is 6.15. The molecule has 7 nitrogen and oxygen atoms in total. The van der Waals surface area contributed by atoms with E-state index in [9.17, 15) is 14.7 Å². The molecule has 0 saturated heterocycles. The maximum absolute atomic E-state index is 11.4. The summed E-state index contributed by atoms with van der Waals surface area (Å²) in [5.74, 6) is 0.393. The third kappa shape index (κ3) is 5.94. The summed E-state index contributed by atoms with van der Waals surface area (Å²) in [5.41, 5.74) is 0.943. The van der Waals surface area contributed by atoms with E-state index in [0.29, 0.717) is 38.6 Å². The summed E-state index contributed by atoms with van der Waals surface area (Å²) in [4.78, 5) is 24.2. The summed E-state index contributed by atoms with van der Waals surface area (Å²) in [7, 11) is 0. The molecule has 1 aromatic rings. The highest BCUT2D eigenvalue weighted by Crippen LogP contribution is 2.30. The molecule has 0 aliphatic carbocycles. The Balaban J connectivity index is 2.09. The van der Waals surface area contributed by atoms with Crippen molar-refractivity contribution < 1.29 is 24.2 Å². The monoisotopic (exact) mass is 350 g/mol. The molecule has 1 aliphatic rings. The number of fused-ring (bicyclic) bond motifs is 1. The normalized spacial score (nSPS) is 15.2. The van der Waals surface area contributed by atoms with Gasteiger partial charge in [0.2, 0.25) is 5.91 Å². The lowest BCUT2D eigenvalue weighted by Gasteiger charge is -2.27. The minimum atomic E-state index is -0.895. The van der Waals surface area contributed by atoms with Crippen LogP contribution in [0.4, 0.5) is 0 Å². The fourth-order valence-electron chi connectivity index (χ4n) is 2.63. The number of carbonyl (C=O) groups is 2. The predicted octanol–water partition coefficient (Wildman–Crippen LogP) is 1.65. The number of carbonyl (C=O) groups excluding carboxylic acids is 1. The summed E-state index contributed by atoms with van der Waals surface area (Å²) in [6, 6.07) is 5.03.